The number of benzene rings is 1. The van der Waals surface area contributed by atoms with Crippen molar-refractivity contribution in [2.24, 2.45) is 0 Å². The molecular formula is C14H21NO. The molecule has 0 spiro atoms. The van der Waals surface area contributed by atoms with Crippen molar-refractivity contribution < 1.29 is 5.11 Å². The predicted octanol–water partition coefficient (Wildman–Crippen LogP) is 1.96. The molecule has 1 heterocycles. The summed E-state index contributed by atoms with van der Waals surface area (Å²) in [5.74, 6) is 0. The van der Waals surface area contributed by atoms with Crippen LogP contribution in [0.4, 0.5) is 0 Å². The monoisotopic (exact) mass is 219 g/mol. The first kappa shape index (κ1) is 11.6. The van der Waals surface area contributed by atoms with Crippen molar-refractivity contribution in [3.8, 4) is 0 Å². The Hall–Kier alpha value is -0.860. The lowest BCUT2D eigenvalue weighted by Crippen LogP contribution is -2.43. The zero-order chi connectivity index (χ0) is 11.6. The molecule has 1 saturated heterocycles. The van der Waals surface area contributed by atoms with Gasteiger partial charge in [-0.3, -0.25) is 0 Å². The van der Waals surface area contributed by atoms with Gasteiger partial charge in [-0.15, -0.1) is 0 Å². The van der Waals surface area contributed by atoms with Gasteiger partial charge in [0.2, 0.25) is 0 Å². The van der Waals surface area contributed by atoms with Crippen molar-refractivity contribution >= 4 is 0 Å². The Labute approximate surface area is 97.7 Å². The maximum Gasteiger partial charge on any atom is 0.0712 e. The molecule has 0 aromatic heterocycles. The van der Waals surface area contributed by atoms with Gasteiger partial charge in [-0.1, -0.05) is 18.2 Å². The van der Waals surface area contributed by atoms with Crippen molar-refractivity contribution in [3.63, 3.8) is 0 Å². The first-order valence-electron chi connectivity index (χ1n) is 6.09. The second-order valence-corrected chi connectivity index (χ2v) is 5.02. The van der Waals surface area contributed by atoms with Gasteiger partial charge in [0.05, 0.1) is 5.60 Å². The number of nitrogens with one attached hydrogen (secondary N) is 1. The molecule has 2 nitrogen and oxygen atoms in total. The van der Waals surface area contributed by atoms with Crippen LogP contribution in [0.25, 0.3) is 0 Å². The lowest BCUT2D eigenvalue weighted by molar-refractivity contribution is 0.0106. The van der Waals surface area contributed by atoms with E-state index in [4.69, 9.17) is 0 Å². The van der Waals surface area contributed by atoms with Gasteiger partial charge >= 0.3 is 0 Å². The van der Waals surface area contributed by atoms with Crippen LogP contribution in [-0.2, 0) is 6.42 Å². The number of piperidine rings is 1. The van der Waals surface area contributed by atoms with E-state index in [0.717, 1.165) is 32.4 Å². The summed E-state index contributed by atoms with van der Waals surface area (Å²) in [4.78, 5) is 0. The van der Waals surface area contributed by atoms with Crippen LogP contribution in [-0.4, -0.2) is 23.8 Å². The van der Waals surface area contributed by atoms with E-state index in [2.05, 4.69) is 37.4 Å². The number of aryl methyl sites for hydroxylation is 2. The highest BCUT2D eigenvalue weighted by atomic mass is 16.3. The minimum atomic E-state index is -0.498. The second-order valence-electron chi connectivity index (χ2n) is 5.02. The van der Waals surface area contributed by atoms with Crippen LogP contribution in [0.3, 0.4) is 0 Å². The van der Waals surface area contributed by atoms with E-state index in [9.17, 15) is 5.11 Å². The van der Waals surface area contributed by atoms with Crippen LogP contribution in [0.5, 0.6) is 0 Å². The van der Waals surface area contributed by atoms with E-state index < -0.39 is 5.60 Å². The SMILES string of the molecule is Cc1cccc(C)c1CC1(O)CCNCC1. The topological polar surface area (TPSA) is 32.3 Å². The third-order valence-electron chi connectivity index (χ3n) is 3.68. The molecule has 88 valence electrons. The molecule has 0 unspecified atom stereocenters. The molecule has 0 radical (unpaired) electrons. The summed E-state index contributed by atoms with van der Waals surface area (Å²) in [6.45, 7) is 6.13. The van der Waals surface area contributed by atoms with E-state index in [-0.39, 0.29) is 0 Å². The van der Waals surface area contributed by atoms with Crippen LogP contribution >= 0.6 is 0 Å². The van der Waals surface area contributed by atoms with Gasteiger partial charge in [-0.25, -0.2) is 0 Å². The lowest BCUT2D eigenvalue weighted by atomic mass is 9.83. The summed E-state index contributed by atoms with van der Waals surface area (Å²) in [5, 5.41) is 13.8. The number of rotatable bonds is 2. The summed E-state index contributed by atoms with van der Waals surface area (Å²) in [5.41, 5.74) is 3.42. The molecule has 0 atom stereocenters. The van der Waals surface area contributed by atoms with Gasteiger partial charge in [0, 0.05) is 6.42 Å². The van der Waals surface area contributed by atoms with Crippen LogP contribution in [0.1, 0.15) is 29.5 Å². The number of hydrogen-bond acceptors (Lipinski definition) is 2. The van der Waals surface area contributed by atoms with Gasteiger partial charge in [0.25, 0.3) is 0 Å². The normalized spacial score (nSPS) is 19.7. The molecule has 16 heavy (non-hydrogen) atoms. The Kier molecular flexibility index (Phi) is 3.31. The highest BCUT2D eigenvalue weighted by molar-refractivity contribution is 5.34. The maximum absolute atomic E-state index is 10.5. The van der Waals surface area contributed by atoms with E-state index in [1.54, 1.807) is 0 Å². The average Bonchev–Trinajstić information content (AvgIpc) is 2.25. The van der Waals surface area contributed by atoms with E-state index in [1.165, 1.54) is 16.7 Å². The Bertz CT molecular complexity index is 347. The first-order chi connectivity index (χ1) is 7.61. The lowest BCUT2D eigenvalue weighted by Gasteiger charge is -2.33. The zero-order valence-electron chi connectivity index (χ0n) is 10.2. The summed E-state index contributed by atoms with van der Waals surface area (Å²) in [7, 11) is 0. The Balaban J connectivity index is 2.19. The van der Waals surface area contributed by atoms with E-state index >= 15 is 0 Å². The molecule has 0 bridgehead atoms. The van der Waals surface area contributed by atoms with Crippen LogP contribution in [0.15, 0.2) is 18.2 Å². The van der Waals surface area contributed by atoms with Crippen LogP contribution in [0, 0.1) is 13.8 Å². The molecular weight excluding hydrogens is 198 g/mol. The molecule has 1 aromatic carbocycles. The third kappa shape index (κ3) is 2.45. The summed E-state index contributed by atoms with van der Waals surface area (Å²) in [6, 6.07) is 6.35. The highest BCUT2D eigenvalue weighted by Gasteiger charge is 2.30. The van der Waals surface area contributed by atoms with Crippen molar-refractivity contribution in [2.75, 3.05) is 13.1 Å². The molecule has 2 rings (SSSR count). The fraction of sp³-hybridized carbons (Fsp3) is 0.571. The fourth-order valence-corrected chi connectivity index (χ4v) is 2.53. The molecule has 0 saturated carbocycles. The van der Waals surface area contributed by atoms with E-state index in [1.807, 2.05) is 0 Å². The molecule has 2 heteroatoms. The van der Waals surface area contributed by atoms with Gasteiger partial charge < -0.3 is 10.4 Å². The number of hydrogen-bond donors (Lipinski definition) is 2. The largest absolute Gasteiger partial charge is 0.389 e. The Morgan fingerprint density at radius 1 is 1.19 bits per heavy atom. The van der Waals surface area contributed by atoms with E-state index in [0.29, 0.717) is 0 Å². The van der Waals surface area contributed by atoms with Gasteiger partial charge in [0.1, 0.15) is 0 Å². The van der Waals surface area contributed by atoms with Gasteiger partial charge in [0.15, 0.2) is 0 Å². The minimum absolute atomic E-state index is 0.498. The van der Waals surface area contributed by atoms with Crippen molar-refractivity contribution in [2.45, 2.75) is 38.7 Å². The average molecular weight is 219 g/mol. The van der Waals surface area contributed by atoms with Gasteiger partial charge in [-0.2, -0.15) is 0 Å². The fourth-order valence-electron chi connectivity index (χ4n) is 2.53. The molecule has 1 aromatic rings. The van der Waals surface area contributed by atoms with Crippen LogP contribution < -0.4 is 5.32 Å². The zero-order valence-corrected chi connectivity index (χ0v) is 10.2. The summed E-state index contributed by atoms with van der Waals surface area (Å²) in [6.07, 6.45) is 2.52. The third-order valence-corrected chi connectivity index (χ3v) is 3.68. The van der Waals surface area contributed by atoms with Crippen molar-refractivity contribution in [1.82, 2.24) is 5.32 Å². The molecule has 1 aliphatic rings. The van der Waals surface area contributed by atoms with Crippen molar-refractivity contribution in [3.05, 3.63) is 34.9 Å². The molecule has 0 aliphatic carbocycles. The minimum Gasteiger partial charge on any atom is -0.389 e. The standard InChI is InChI=1S/C14H21NO/c1-11-4-3-5-12(2)13(11)10-14(16)6-8-15-9-7-14/h3-5,15-16H,6-10H2,1-2H3. The Morgan fingerprint density at radius 2 is 1.75 bits per heavy atom. The second kappa shape index (κ2) is 4.56. The smallest absolute Gasteiger partial charge is 0.0712 e. The van der Waals surface area contributed by atoms with Crippen LogP contribution in [0.2, 0.25) is 0 Å². The maximum atomic E-state index is 10.5. The van der Waals surface area contributed by atoms with Gasteiger partial charge in [-0.05, 0) is 56.5 Å². The number of aliphatic hydroxyl groups is 1. The highest BCUT2D eigenvalue weighted by Crippen LogP contribution is 2.26. The first-order valence-corrected chi connectivity index (χ1v) is 6.09. The quantitative estimate of drug-likeness (QED) is 0.797. The Morgan fingerprint density at radius 3 is 2.31 bits per heavy atom. The van der Waals surface area contributed by atoms with Crippen molar-refractivity contribution in [1.29, 1.82) is 0 Å². The summed E-state index contributed by atoms with van der Waals surface area (Å²) < 4.78 is 0. The predicted molar refractivity (Wildman–Crippen MR) is 66.7 cm³/mol. The molecule has 0 amide bonds. The summed E-state index contributed by atoms with van der Waals surface area (Å²) >= 11 is 0. The molecule has 2 N–H and O–H groups in total. The molecule has 1 aliphatic heterocycles. The molecule has 1 fully saturated rings.